The van der Waals surface area contributed by atoms with Gasteiger partial charge in [0.2, 0.25) is 0 Å². The molecule has 31 heavy (non-hydrogen) atoms. The smallest absolute Gasteiger partial charge is 0.262 e. The Morgan fingerprint density at radius 2 is 1.81 bits per heavy atom. The predicted octanol–water partition coefficient (Wildman–Crippen LogP) is 4.54. The Balaban J connectivity index is 1.51. The number of thiophene rings is 1. The highest BCUT2D eigenvalue weighted by atomic mass is 32.1. The molecule has 1 atom stereocenters. The van der Waals surface area contributed by atoms with Crippen molar-refractivity contribution in [3.8, 4) is 16.9 Å². The van der Waals surface area contributed by atoms with Crippen molar-refractivity contribution >= 4 is 17.2 Å². The van der Waals surface area contributed by atoms with Gasteiger partial charge >= 0.3 is 0 Å². The van der Waals surface area contributed by atoms with E-state index in [0.29, 0.717) is 19.8 Å². The van der Waals surface area contributed by atoms with Crippen molar-refractivity contribution in [1.82, 2.24) is 10.2 Å². The van der Waals surface area contributed by atoms with Crippen molar-refractivity contribution in [1.29, 1.82) is 0 Å². The quantitative estimate of drug-likeness (QED) is 0.591. The Hall–Kier alpha value is -2.67. The molecule has 1 aliphatic heterocycles. The fraction of sp³-hybridized carbons (Fsp3) is 0.320. The summed E-state index contributed by atoms with van der Waals surface area (Å²) in [5, 5.41) is 5.17. The van der Waals surface area contributed by atoms with Crippen LogP contribution in [0.25, 0.3) is 11.1 Å². The van der Waals surface area contributed by atoms with Gasteiger partial charge in [0.1, 0.15) is 5.75 Å². The molecule has 1 aliphatic rings. The van der Waals surface area contributed by atoms with Crippen LogP contribution in [0.5, 0.6) is 5.75 Å². The highest BCUT2D eigenvalue weighted by Gasteiger charge is 2.24. The summed E-state index contributed by atoms with van der Waals surface area (Å²) in [6, 6.07) is 18.5. The number of hydrogen-bond donors (Lipinski definition) is 1. The molecule has 0 unspecified atom stereocenters. The van der Waals surface area contributed by atoms with Crippen LogP contribution in [0.2, 0.25) is 0 Å². The molecule has 1 amide bonds. The van der Waals surface area contributed by atoms with E-state index in [-0.39, 0.29) is 11.9 Å². The molecule has 0 spiro atoms. The number of methoxy groups -OCH3 is 1. The lowest BCUT2D eigenvalue weighted by molar-refractivity contribution is 0.0162. The van der Waals surface area contributed by atoms with Crippen LogP contribution < -0.4 is 10.1 Å². The lowest BCUT2D eigenvalue weighted by atomic mass is 10.0. The van der Waals surface area contributed by atoms with Crippen molar-refractivity contribution in [2.24, 2.45) is 0 Å². The van der Waals surface area contributed by atoms with E-state index in [0.717, 1.165) is 40.4 Å². The van der Waals surface area contributed by atoms with Gasteiger partial charge in [0.15, 0.2) is 0 Å². The van der Waals surface area contributed by atoms with E-state index in [1.165, 1.54) is 16.9 Å². The standard InChI is InChI=1S/C25H28N2O3S/c1-18-3-5-19(6-4-18)22-11-16-31-24(22)25(28)26-17-23(27-12-14-30-15-13-27)20-7-9-21(29-2)10-8-20/h3-11,16,23H,12-15,17H2,1-2H3,(H,26,28)/t23-/m0/s1. The Morgan fingerprint density at radius 3 is 2.48 bits per heavy atom. The maximum absolute atomic E-state index is 13.1. The Bertz CT molecular complexity index is 992. The van der Waals surface area contributed by atoms with Crippen LogP contribution in [0.15, 0.2) is 60.0 Å². The first-order valence-corrected chi connectivity index (χ1v) is 11.4. The lowest BCUT2D eigenvalue weighted by Crippen LogP contribution is -2.43. The van der Waals surface area contributed by atoms with E-state index < -0.39 is 0 Å². The molecule has 1 aromatic heterocycles. The maximum Gasteiger partial charge on any atom is 0.262 e. The summed E-state index contributed by atoms with van der Waals surface area (Å²) in [6.45, 7) is 5.72. The zero-order chi connectivity index (χ0) is 21.6. The summed E-state index contributed by atoms with van der Waals surface area (Å²) in [6.07, 6.45) is 0. The number of hydrogen-bond acceptors (Lipinski definition) is 5. The van der Waals surface area contributed by atoms with E-state index in [2.05, 4.69) is 53.5 Å². The molecule has 1 fully saturated rings. The minimum Gasteiger partial charge on any atom is -0.497 e. The first-order chi connectivity index (χ1) is 15.2. The third-order valence-electron chi connectivity index (χ3n) is 5.68. The molecule has 2 aromatic carbocycles. The van der Waals surface area contributed by atoms with Gasteiger partial charge in [-0.05, 0) is 41.6 Å². The van der Waals surface area contributed by atoms with Crippen LogP contribution in [-0.2, 0) is 4.74 Å². The molecule has 3 aromatic rings. The monoisotopic (exact) mass is 436 g/mol. The molecular formula is C25H28N2O3S. The summed E-state index contributed by atoms with van der Waals surface area (Å²) in [4.78, 5) is 16.2. The molecule has 5 nitrogen and oxygen atoms in total. The predicted molar refractivity (Wildman–Crippen MR) is 125 cm³/mol. The number of morpholine rings is 1. The fourth-order valence-corrected chi connectivity index (χ4v) is 4.72. The zero-order valence-electron chi connectivity index (χ0n) is 18.0. The molecule has 0 bridgehead atoms. The molecule has 0 radical (unpaired) electrons. The number of aryl methyl sites for hydroxylation is 1. The lowest BCUT2D eigenvalue weighted by Gasteiger charge is -2.35. The number of nitrogens with zero attached hydrogens (tertiary/aromatic N) is 1. The Morgan fingerprint density at radius 1 is 1.10 bits per heavy atom. The van der Waals surface area contributed by atoms with Crippen LogP contribution in [0.1, 0.15) is 26.8 Å². The second kappa shape index (κ2) is 10.1. The molecule has 1 saturated heterocycles. The largest absolute Gasteiger partial charge is 0.497 e. The van der Waals surface area contributed by atoms with E-state index in [1.807, 2.05) is 23.6 Å². The van der Waals surface area contributed by atoms with Gasteiger partial charge in [0, 0.05) is 25.2 Å². The average Bonchev–Trinajstić information content (AvgIpc) is 3.31. The zero-order valence-corrected chi connectivity index (χ0v) is 18.8. The van der Waals surface area contributed by atoms with E-state index in [9.17, 15) is 4.79 Å². The molecule has 4 rings (SSSR count). The highest BCUT2D eigenvalue weighted by molar-refractivity contribution is 7.12. The molecular weight excluding hydrogens is 408 g/mol. The summed E-state index contributed by atoms with van der Waals surface area (Å²) < 4.78 is 10.8. The van der Waals surface area contributed by atoms with Gasteiger partial charge in [-0.15, -0.1) is 11.3 Å². The average molecular weight is 437 g/mol. The van der Waals surface area contributed by atoms with Crippen molar-refractivity contribution in [2.45, 2.75) is 13.0 Å². The van der Waals surface area contributed by atoms with Gasteiger partial charge in [-0.3, -0.25) is 9.69 Å². The summed E-state index contributed by atoms with van der Waals surface area (Å²) in [5.41, 5.74) is 4.41. The fourth-order valence-electron chi connectivity index (χ4n) is 3.89. The molecule has 0 saturated carbocycles. The van der Waals surface area contributed by atoms with E-state index in [4.69, 9.17) is 9.47 Å². The van der Waals surface area contributed by atoms with Gasteiger partial charge in [-0.25, -0.2) is 0 Å². The number of ether oxygens (including phenoxy) is 2. The first-order valence-electron chi connectivity index (χ1n) is 10.5. The van der Waals surface area contributed by atoms with Crippen LogP contribution in [0.4, 0.5) is 0 Å². The van der Waals surface area contributed by atoms with Gasteiger partial charge in [-0.2, -0.15) is 0 Å². The van der Waals surface area contributed by atoms with Gasteiger partial charge in [-0.1, -0.05) is 42.0 Å². The Kier molecular flexibility index (Phi) is 7.02. The highest BCUT2D eigenvalue weighted by Crippen LogP contribution is 2.29. The van der Waals surface area contributed by atoms with Crippen LogP contribution in [0, 0.1) is 6.92 Å². The van der Waals surface area contributed by atoms with Gasteiger partial charge in [0.25, 0.3) is 5.91 Å². The second-order valence-corrected chi connectivity index (χ2v) is 8.59. The van der Waals surface area contributed by atoms with Crippen molar-refractivity contribution in [2.75, 3.05) is 40.0 Å². The van der Waals surface area contributed by atoms with Crippen LogP contribution in [-0.4, -0.2) is 50.8 Å². The molecule has 162 valence electrons. The minimum absolute atomic E-state index is 0.0302. The van der Waals surface area contributed by atoms with E-state index >= 15 is 0 Å². The van der Waals surface area contributed by atoms with Crippen molar-refractivity contribution in [3.05, 3.63) is 76.0 Å². The number of amides is 1. The maximum atomic E-state index is 13.1. The topological polar surface area (TPSA) is 50.8 Å². The molecule has 2 heterocycles. The number of carbonyl (C=O) groups excluding carboxylic acids is 1. The third-order valence-corrected chi connectivity index (χ3v) is 6.59. The summed E-state index contributed by atoms with van der Waals surface area (Å²) >= 11 is 1.48. The number of carbonyl (C=O) groups is 1. The van der Waals surface area contributed by atoms with Gasteiger partial charge < -0.3 is 14.8 Å². The van der Waals surface area contributed by atoms with Crippen molar-refractivity contribution < 1.29 is 14.3 Å². The Labute approximate surface area is 187 Å². The van der Waals surface area contributed by atoms with Crippen molar-refractivity contribution in [3.63, 3.8) is 0 Å². The first kappa shape index (κ1) is 21.6. The third kappa shape index (κ3) is 5.15. The second-order valence-electron chi connectivity index (χ2n) is 7.68. The number of nitrogens with one attached hydrogen (secondary N) is 1. The molecule has 6 heteroatoms. The molecule has 1 N–H and O–H groups in total. The molecule has 0 aliphatic carbocycles. The number of benzene rings is 2. The number of rotatable bonds is 7. The minimum atomic E-state index is -0.0302. The SMILES string of the molecule is COc1ccc([C@H](CNC(=O)c2sccc2-c2ccc(C)cc2)N2CCOCC2)cc1. The van der Waals surface area contributed by atoms with E-state index in [1.54, 1.807) is 7.11 Å². The summed E-state index contributed by atoms with van der Waals surface area (Å²) in [5.74, 6) is 0.798. The summed E-state index contributed by atoms with van der Waals surface area (Å²) in [7, 11) is 1.67. The van der Waals surface area contributed by atoms with Crippen LogP contribution >= 0.6 is 11.3 Å². The normalized spacial score (nSPS) is 15.4. The van der Waals surface area contributed by atoms with Gasteiger partial charge in [0.05, 0.1) is 31.2 Å². The van der Waals surface area contributed by atoms with Crippen LogP contribution in [0.3, 0.4) is 0 Å².